The van der Waals surface area contributed by atoms with Crippen molar-refractivity contribution in [2.24, 2.45) is 0 Å². The van der Waals surface area contributed by atoms with Gasteiger partial charge in [0, 0.05) is 122 Å². The maximum absolute atomic E-state index is 11.6. The van der Waals surface area contributed by atoms with Gasteiger partial charge in [-0.25, -0.2) is 29.7 Å². The van der Waals surface area contributed by atoms with Gasteiger partial charge in [-0.2, -0.15) is 8.42 Å². The number of esters is 3. The molecule has 136 heavy (non-hydrogen) atoms. The molecule has 717 valence electrons. The Labute approximate surface area is 948 Å². The summed E-state index contributed by atoms with van der Waals surface area (Å²) in [7, 11) is 5.00. The number of nitrogens with two attached hydrogens (primary N) is 2. The molecule has 0 saturated carbocycles. The van der Waals surface area contributed by atoms with Crippen molar-refractivity contribution in [2.45, 2.75) is 87.3 Å². The van der Waals surface area contributed by atoms with Gasteiger partial charge in [-0.1, -0.05) is 163 Å². The van der Waals surface area contributed by atoms with Crippen molar-refractivity contribution < 1.29 is 122 Å². The Balaban J connectivity index is 0.000000516. The second kappa shape index (κ2) is 65.7. The molecule has 24 nitrogen and oxygen atoms in total. The Kier molecular flexibility index (Phi) is 61.1. The van der Waals surface area contributed by atoms with Gasteiger partial charge in [-0.05, 0) is 237 Å². The Bertz CT molecular complexity index is 6520. The number of H-pyrrole nitrogens is 1. The largest absolute Gasteiger partial charge is 1.00 e. The summed E-state index contributed by atoms with van der Waals surface area (Å²) < 4.78 is 55.6. The number of nitrogen functional groups attached to an aromatic ring is 2. The van der Waals surface area contributed by atoms with Crippen LogP contribution in [0.2, 0.25) is 0 Å². The number of allylic oxidation sites excluding steroid dienone is 1. The Hall–Kier alpha value is -3.67. The molecule has 0 atom stereocenters. The molecular formula is C90H95BBr8ClN10Na2O14S10. The third kappa shape index (κ3) is 46.6. The molecule has 9 aromatic carbocycles. The summed E-state index contributed by atoms with van der Waals surface area (Å²) in [5, 5.41) is 23.0. The fourth-order valence-electron chi connectivity index (χ4n) is 10.7. The average molecular weight is 2590 g/mol. The predicted molar refractivity (Wildman–Crippen MR) is 591 cm³/mol. The Morgan fingerprint density at radius 1 is 0.537 bits per heavy atom. The van der Waals surface area contributed by atoms with Crippen LogP contribution in [0.15, 0.2) is 230 Å². The van der Waals surface area contributed by atoms with Crippen LogP contribution < -0.4 is 75.5 Å². The van der Waals surface area contributed by atoms with E-state index in [0.717, 1.165) is 161 Å². The van der Waals surface area contributed by atoms with Gasteiger partial charge >= 0.3 is 81.9 Å². The van der Waals surface area contributed by atoms with E-state index >= 15 is 0 Å². The molecule has 0 bridgehead atoms. The van der Waals surface area contributed by atoms with Crippen molar-refractivity contribution in [3.8, 4) is 0 Å². The number of thiol groups is 1. The number of hydrogen-bond acceptors (Lipinski definition) is 32. The molecule has 0 aliphatic carbocycles. The third-order valence-corrected chi connectivity index (χ3v) is 30.0. The van der Waals surface area contributed by atoms with E-state index in [1.54, 1.807) is 66.5 Å². The monoisotopic (exact) mass is 2580 g/mol. The molecule has 0 fully saturated rings. The van der Waals surface area contributed by atoms with Crippen molar-refractivity contribution in [3.05, 3.63) is 256 Å². The molecule has 3 radical (unpaired) electrons. The maximum atomic E-state index is 11.6. The quantitative estimate of drug-likeness (QED) is 0.00448. The van der Waals surface area contributed by atoms with Gasteiger partial charge in [0.1, 0.15) is 22.1 Å². The van der Waals surface area contributed by atoms with E-state index in [-0.39, 0.29) is 129 Å². The first kappa shape index (κ1) is 126. The number of thiazole rings is 6. The van der Waals surface area contributed by atoms with Gasteiger partial charge in [-0.15, -0.1) is 81.1 Å². The number of ether oxygens (including phenoxy) is 3. The zero-order valence-corrected chi connectivity index (χ0v) is 101. The molecule has 8 N–H and O–H groups in total. The zero-order valence-electron chi connectivity index (χ0n) is 76.7. The number of thioether (sulfide) groups is 2. The first-order valence-electron chi connectivity index (χ1n) is 39.7. The standard InChI is InChI=1S/C12H11BrO3S.C12H16N2S.C11H13BrN2S.C11H10BrNO2S.C10H10BrNO3S2.C9H8BrNOS.C7H4BrNOS.C7H8BrNS.C6H6BrNS.C5H7ClO3.B.2Na.H2O.H/c1-2-16-12(15)11-9(14)5-7-3-4-8(13)6-10(7)17-11;1-9-4-5-10-11(8-9)15-12(13-10)6-7-14(2)3;1-14(2)6-5-11-13-9-4-3-8(12)7-10(9)15-11;1-2-15-11(14)6-10-13-8-4-3-7(12)5-9(8)16-10;1-17(13,14)15-5-4-10-12-8-3-2-7(11)6-9(8)16-10;10-6-1-2-7-8(5-6)13-9(11-7)3-4-12;8-4-1-2-5-6(3-4)11-7(10)9-5;1-10-7-4-5(8)2-3-6(7)9;7-4-1-2-5(8)6(9)3-4;1-2-9-5(8)3-4(6)7;;;;;/h3-4,6,14H,2,5H2,1H3;4-5,8H,6-7H2,1-3H3;3-4,7H,5-6H2,1-2H3;3-5H,2,6H2,1H3;2-3,6H,4-5H2,1H3;1-2,5,12H,3-4H2;1-3H,(H,9,10);2-4H,9H2,1H3;1-3,9H,8H2;2-3H2,1H3;;;;1H2;/q;;;;;;;;;;;2*+1;;-1/p-1. The minimum absolute atomic E-state index is 0. The van der Waals surface area contributed by atoms with E-state index in [0.29, 0.717) is 38.2 Å². The summed E-state index contributed by atoms with van der Waals surface area (Å²) in [6.07, 6.45) is 6.58. The van der Waals surface area contributed by atoms with Gasteiger partial charge in [0.05, 0.1) is 120 Å². The molecule has 15 aromatic rings. The summed E-state index contributed by atoms with van der Waals surface area (Å²) in [5.41, 5.74) is 21.0. The van der Waals surface area contributed by atoms with E-state index in [4.69, 9.17) is 37.6 Å². The van der Waals surface area contributed by atoms with Gasteiger partial charge in [0.2, 0.25) is 5.24 Å². The van der Waals surface area contributed by atoms with E-state index in [2.05, 4.69) is 254 Å². The van der Waals surface area contributed by atoms with Crippen LogP contribution in [0.5, 0.6) is 0 Å². The van der Waals surface area contributed by atoms with Crippen molar-refractivity contribution in [1.29, 1.82) is 0 Å². The number of aliphatic hydroxyl groups excluding tert-OH is 2. The predicted octanol–water partition coefficient (Wildman–Crippen LogP) is 19.3. The fourth-order valence-corrected chi connectivity index (χ4v) is 22.9. The molecule has 6 aromatic heterocycles. The van der Waals surface area contributed by atoms with E-state index < -0.39 is 27.3 Å². The molecule has 0 spiro atoms. The van der Waals surface area contributed by atoms with Gasteiger partial charge in [-0.3, -0.25) is 23.4 Å². The SMILES string of the molecule is CCOC(=O)C1=C(O)Cc2ccc(Br)cc2S1.CCOC(=O)CC(=O)Cl.CCOC(=O)Cc1nc2ccc(Br)cc2s1.CN(C)CCc1nc2ccc(Br)cc2s1.CS(=O)(=O)OCCc1nc2ccc(Br)cc2s1.CSc1cc(Br)ccc1N.Cc1ccc2nc(CCN(C)C)sc2c1.Nc1ccc(Br)cc1S.O=c1[nH]c2ccc(Br)cc2s1.OCCc1nc2ccc(Br)cc2s1.[B].[H-].[Na+].[Na+].[OH-]. The summed E-state index contributed by atoms with van der Waals surface area (Å²) in [6, 6.07) is 53.3. The van der Waals surface area contributed by atoms with Crippen LogP contribution in [0.3, 0.4) is 0 Å². The number of aliphatic hydroxyl groups is 2. The number of carbonyl (C=O) groups is 4. The van der Waals surface area contributed by atoms with Crippen LogP contribution in [0.1, 0.15) is 64.8 Å². The first-order valence-corrected chi connectivity index (χ1v) is 55.6. The van der Waals surface area contributed by atoms with Crippen LogP contribution in [0.4, 0.5) is 11.4 Å². The van der Waals surface area contributed by atoms with Crippen LogP contribution >= 0.6 is 243 Å². The molecule has 16 rings (SSSR count). The van der Waals surface area contributed by atoms with Gasteiger partial charge < -0.3 is 57.6 Å². The number of aromatic amines is 1. The van der Waals surface area contributed by atoms with Crippen molar-refractivity contribution in [3.63, 3.8) is 0 Å². The number of rotatable bonds is 21. The number of nitrogens with one attached hydrogen (secondary N) is 1. The minimum Gasteiger partial charge on any atom is -1.00 e. The molecule has 1 aliphatic heterocycles. The smallest absolute Gasteiger partial charge is 1.00 e. The minimum atomic E-state index is -3.36. The first-order chi connectivity index (χ1) is 62.7. The fraction of sp³-hybridized carbons (Fsp3) is 0.267. The summed E-state index contributed by atoms with van der Waals surface area (Å²) >= 11 is 48.5. The van der Waals surface area contributed by atoms with Crippen molar-refractivity contribution in [1.82, 2.24) is 39.7 Å². The normalized spacial score (nSPS) is 10.9. The topological polar surface area (TPSA) is 366 Å². The third-order valence-electron chi connectivity index (χ3n) is 16.7. The van der Waals surface area contributed by atoms with Crippen LogP contribution in [-0.2, 0) is 86.2 Å². The number of aromatic nitrogens is 6. The van der Waals surface area contributed by atoms with E-state index in [1.165, 1.54) is 59.4 Å². The van der Waals surface area contributed by atoms with Crippen LogP contribution in [-0.4, -0.2) is 182 Å². The Morgan fingerprint density at radius 2 is 0.926 bits per heavy atom. The second-order valence-electron chi connectivity index (χ2n) is 27.9. The molecule has 1 aliphatic rings. The molecule has 0 unspecified atom stereocenters. The van der Waals surface area contributed by atoms with Crippen LogP contribution in [0.25, 0.3) is 61.3 Å². The molecule has 0 saturated heterocycles. The van der Waals surface area contributed by atoms with E-state index in [9.17, 15) is 37.5 Å². The van der Waals surface area contributed by atoms with Gasteiger partial charge in [0.15, 0.2) is 0 Å². The summed E-state index contributed by atoms with van der Waals surface area (Å²) in [6.45, 7) is 10.8. The van der Waals surface area contributed by atoms with Gasteiger partial charge in [0.25, 0.3) is 10.1 Å². The summed E-state index contributed by atoms with van der Waals surface area (Å²) in [4.78, 5) is 86.7. The van der Waals surface area contributed by atoms with Crippen LogP contribution in [0, 0.1) is 6.92 Å². The Morgan fingerprint density at radius 3 is 1.36 bits per heavy atom. The number of carbonyl (C=O) groups excluding carboxylic acids is 4. The number of likely N-dealkylation sites (N-methyl/N-ethyl adjacent to an activating group) is 2. The number of anilines is 2. The zero-order chi connectivity index (χ0) is 96.9. The summed E-state index contributed by atoms with van der Waals surface area (Å²) in [5.74, 6) is -1.16. The number of fused-ring (bicyclic) bond motifs is 7. The second-order valence-corrected chi connectivity index (χ2v) is 46.3. The van der Waals surface area contributed by atoms with Crippen molar-refractivity contribution >= 4 is 358 Å². The number of aryl methyl sites for hydroxylation is 1. The number of halogens is 9. The molecular weight excluding hydrogens is 2500 g/mol. The average Bonchev–Trinajstić information content (AvgIpc) is 1.80. The number of nitrogens with zero attached hydrogens (tertiary/aromatic N) is 7. The van der Waals surface area contributed by atoms with Crippen molar-refractivity contribution in [2.75, 3.05) is 98.3 Å². The maximum Gasteiger partial charge on any atom is 1.00 e. The molecule has 0 amide bonds. The number of benzene rings is 9. The molecule has 7 heterocycles. The van der Waals surface area contributed by atoms with E-state index in [1.807, 2.05) is 151 Å². The molecule has 46 heteroatoms. The number of hydrogen-bond donors (Lipinski definition) is 6.